The Morgan fingerprint density at radius 1 is 1.53 bits per heavy atom. The molecule has 0 bridgehead atoms. The van der Waals surface area contributed by atoms with E-state index in [0.29, 0.717) is 0 Å². The van der Waals surface area contributed by atoms with Crippen LogP contribution in [0.5, 0.6) is 0 Å². The Morgan fingerprint density at radius 2 is 2.12 bits per heavy atom. The van der Waals surface area contributed by atoms with E-state index in [9.17, 15) is 9.18 Å². The van der Waals surface area contributed by atoms with Gasteiger partial charge in [-0.15, -0.1) is 0 Å². The molecule has 3 nitrogen and oxygen atoms in total. The lowest BCUT2D eigenvalue weighted by Gasteiger charge is -2.25. The van der Waals surface area contributed by atoms with E-state index in [1.807, 2.05) is 0 Å². The molecule has 0 fully saturated rings. The van der Waals surface area contributed by atoms with Gasteiger partial charge in [-0.2, -0.15) is 0 Å². The molecule has 0 aliphatic carbocycles. The summed E-state index contributed by atoms with van der Waals surface area (Å²) in [6, 6.07) is 4.24. The molecule has 1 aromatic rings. The average Bonchev–Trinajstić information content (AvgIpc) is 2.21. The van der Waals surface area contributed by atoms with Crippen LogP contribution in [-0.2, 0) is 0 Å². The van der Waals surface area contributed by atoms with Gasteiger partial charge in [0, 0.05) is 0 Å². The third kappa shape index (κ3) is 3.23. The van der Waals surface area contributed by atoms with Crippen LogP contribution < -0.4 is 11.1 Å². The summed E-state index contributed by atoms with van der Waals surface area (Å²) in [4.78, 5) is 12.1. The van der Waals surface area contributed by atoms with Crippen LogP contribution in [0.15, 0.2) is 22.7 Å². The third-order valence-electron chi connectivity index (χ3n) is 2.24. The minimum absolute atomic E-state index is 0.122. The summed E-state index contributed by atoms with van der Waals surface area (Å²) in [6.45, 7) is 3.36. The lowest BCUT2D eigenvalue weighted by molar-refractivity contribution is 0.0931. The van der Waals surface area contributed by atoms with Crippen molar-refractivity contribution in [2.45, 2.75) is 19.4 Å². The van der Waals surface area contributed by atoms with Crippen molar-refractivity contribution in [3.05, 3.63) is 34.1 Å². The summed E-state index contributed by atoms with van der Waals surface area (Å²) in [5.41, 5.74) is 4.88. The van der Waals surface area contributed by atoms with Crippen LogP contribution >= 0.6 is 28.1 Å². The second kappa shape index (κ2) is 5.10. The summed E-state index contributed by atoms with van der Waals surface area (Å²) < 4.78 is 13.4. The number of rotatable bonds is 3. The number of nitrogens with two attached hydrogens (primary N) is 1. The Labute approximate surface area is 113 Å². The van der Waals surface area contributed by atoms with E-state index in [1.54, 1.807) is 13.8 Å². The zero-order chi connectivity index (χ0) is 13.2. The maximum Gasteiger partial charge on any atom is 0.253 e. The van der Waals surface area contributed by atoms with E-state index in [1.165, 1.54) is 18.2 Å². The lowest BCUT2D eigenvalue weighted by atomic mass is 10.0. The van der Waals surface area contributed by atoms with Crippen LogP contribution in [-0.4, -0.2) is 16.4 Å². The number of carbonyl (C=O) groups excluding carboxylic acids is 1. The maximum atomic E-state index is 13.3. The van der Waals surface area contributed by atoms with E-state index in [2.05, 4.69) is 21.2 Å². The Morgan fingerprint density at radius 3 is 2.65 bits per heavy atom. The van der Waals surface area contributed by atoms with Gasteiger partial charge in [-0.1, -0.05) is 18.3 Å². The highest BCUT2D eigenvalue weighted by Crippen LogP contribution is 2.20. The van der Waals surface area contributed by atoms with Gasteiger partial charge in [0.15, 0.2) is 0 Å². The van der Waals surface area contributed by atoms with Crippen LogP contribution in [0.2, 0.25) is 0 Å². The summed E-state index contributed by atoms with van der Waals surface area (Å²) in [7, 11) is 0. The van der Waals surface area contributed by atoms with E-state index in [4.69, 9.17) is 18.0 Å². The molecule has 3 N–H and O–H groups in total. The standard InChI is InChI=1S/C11H12BrFN2OS/c1-11(2,10(14)17)15-9(16)6-4-3-5-7(13)8(6)12/h3-5H,1-2H3,(H2,14,17)(H,15,16). The number of nitrogens with one attached hydrogen (secondary N) is 1. The van der Waals surface area contributed by atoms with Crippen molar-refractivity contribution >= 4 is 39.0 Å². The minimum Gasteiger partial charge on any atom is -0.391 e. The van der Waals surface area contributed by atoms with Gasteiger partial charge in [0.05, 0.1) is 20.6 Å². The first-order chi connectivity index (χ1) is 7.75. The van der Waals surface area contributed by atoms with Crippen LogP contribution in [0.4, 0.5) is 4.39 Å². The Hall–Kier alpha value is -1.01. The SMILES string of the molecule is CC(C)(NC(=O)c1cccc(F)c1Br)C(N)=S. The highest BCUT2D eigenvalue weighted by atomic mass is 79.9. The molecule has 0 aliphatic heterocycles. The molecule has 17 heavy (non-hydrogen) atoms. The van der Waals surface area contributed by atoms with Gasteiger partial charge in [-0.25, -0.2) is 4.39 Å². The summed E-state index contributed by atoms with van der Waals surface area (Å²) >= 11 is 7.86. The van der Waals surface area contributed by atoms with Crippen molar-refractivity contribution < 1.29 is 9.18 Å². The van der Waals surface area contributed by atoms with Gasteiger partial charge < -0.3 is 11.1 Å². The van der Waals surface area contributed by atoms with Crippen molar-refractivity contribution in [1.82, 2.24) is 5.32 Å². The average molecular weight is 319 g/mol. The quantitative estimate of drug-likeness (QED) is 0.841. The van der Waals surface area contributed by atoms with Gasteiger partial charge in [-0.05, 0) is 41.9 Å². The molecular weight excluding hydrogens is 307 g/mol. The molecule has 0 aromatic heterocycles. The Kier molecular flexibility index (Phi) is 4.21. The van der Waals surface area contributed by atoms with Gasteiger partial charge in [0.2, 0.25) is 0 Å². The van der Waals surface area contributed by atoms with E-state index in [0.717, 1.165) is 0 Å². The molecule has 1 rings (SSSR count). The van der Waals surface area contributed by atoms with Crippen LogP contribution in [0.1, 0.15) is 24.2 Å². The molecule has 0 radical (unpaired) electrons. The largest absolute Gasteiger partial charge is 0.391 e. The zero-order valence-corrected chi connectivity index (χ0v) is 11.8. The van der Waals surface area contributed by atoms with Crippen molar-refractivity contribution in [3.8, 4) is 0 Å². The van der Waals surface area contributed by atoms with Gasteiger partial charge in [0.25, 0.3) is 5.91 Å². The monoisotopic (exact) mass is 318 g/mol. The number of amides is 1. The predicted molar refractivity (Wildman–Crippen MR) is 72.4 cm³/mol. The van der Waals surface area contributed by atoms with Gasteiger partial charge >= 0.3 is 0 Å². The number of thiocarbonyl (C=S) groups is 1. The highest BCUT2D eigenvalue weighted by Gasteiger charge is 2.25. The second-order valence-corrected chi connectivity index (χ2v) is 5.28. The van der Waals surface area contributed by atoms with Gasteiger partial charge in [-0.3, -0.25) is 4.79 Å². The van der Waals surface area contributed by atoms with Crippen molar-refractivity contribution in [2.75, 3.05) is 0 Å². The van der Waals surface area contributed by atoms with Crippen molar-refractivity contribution in [2.24, 2.45) is 5.73 Å². The number of hydrogen-bond donors (Lipinski definition) is 2. The van der Waals surface area contributed by atoms with Crippen LogP contribution in [0.3, 0.4) is 0 Å². The molecule has 0 heterocycles. The van der Waals surface area contributed by atoms with E-state index >= 15 is 0 Å². The molecule has 0 saturated heterocycles. The fraction of sp³-hybridized carbons (Fsp3) is 0.273. The number of carbonyl (C=O) groups is 1. The zero-order valence-electron chi connectivity index (χ0n) is 9.38. The Bertz CT molecular complexity index is 477. The molecule has 0 atom stereocenters. The smallest absolute Gasteiger partial charge is 0.253 e. The molecule has 0 aliphatic rings. The number of halogens is 2. The van der Waals surface area contributed by atoms with Crippen molar-refractivity contribution in [1.29, 1.82) is 0 Å². The molecule has 0 saturated carbocycles. The molecule has 0 spiro atoms. The molecule has 1 amide bonds. The van der Waals surface area contributed by atoms with E-state index in [-0.39, 0.29) is 15.0 Å². The first kappa shape index (κ1) is 14.1. The van der Waals surface area contributed by atoms with Crippen LogP contribution in [0, 0.1) is 5.82 Å². The fourth-order valence-corrected chi connectivity index (χ4v) is 1.59. The highest BCUT2D eigenvalue weighted by molar-refractivity contribution is 9.10. The number of benzene rings is 1. The van der Waals surface area contributed by atoms with E-state index < -0.39 is 17.3 Å². The molecular formula is C11H12BrFN2OS. The Balaban J connectivity index is 2.99. The molecule has 92 valence electrons. The normalized spacial score (nSPS) is 11.1. The first-order valence-corrected chi connectivity index (χ1v) is 6.02. The summed E-state index contributed by atoms with van der Waals surface area (Å²) in [5, 5.41) is 2.64. The third-order valence-corrected chi connectivity index (χ3v) is 3.55. The minimum atomic E-state index is -0.821. The molecule has 1 aromatic carbocycles. The van der Waals surface area contributed by atoms with Crippen LogP contribution in [0.25, 0.3) is 0 Å². The topological polar surface area (TPSA) is 55.1 Å². The fourth-order valence-electron chi connectivity index (χ4n) is 1.09. The number of hydrogen-bond acceptors (Lipinski definition) is 2. The maximum absolute atomic E-state index is 13.3. The molecule has 6 heteroatoms. The summed E-state index contributed by atoms with van der Waals surface area (Å²) in [6.07, 6.45) is 0. The predicted octanol–water partition coefficient (Wildman–Crippen LogP) is 2.38. The van der Waals surface area contributed by atoms with Gasteiger partial charge in [0.1, 0.15) is 5.82 Å². The molecule has 0 unspecified atom stereocenters. The lowest BCUT2D eigenvalue weighted by Crippen LogP contribution is -2.52. The first-order valence-electron chi connectivity index (χ1n) is 4.82. The van der Waals surface area contributed by atoms with Crippen molar-refractivity contribution in [3.63, 3.8) is 0 Å². The second-order valence-electron chi connectivity index (χ2n) is 4.04. The summed E-state index contributed by atoms with van der Waals surface area (Å²) in [5.74, 6) is -0.931.